The monoisotopic (exact) mass is 421 g/mol. The summed E-state index contributed by atoms with van der Waals surface area (Å²) in [7, 11) is 0. The summed E-state index contributed by atoms with van der Waals surface area (Å²) < 4.78 is 0. The van der Waals surface area contributed by atoms with E-state index in [1.54, 1.807) is 12.1 Å². The average molecular weight is 422 g/mol. The van der Waals surface area contributed by atoms with Crippen molar-refractivity contribution in [3.63, 3.8) is 0 Å². The molecule has 0 aliphatic heterocycles. The van der Waals surface area contributed by atoms with Crippen LogP contribution in [0.15, 0.2) is 77.9 Å². The highest BCUT2D eigenvalue weighted by Crippen LogP contribution is 2.32. The summed E-state index contributed by atoms with van der Waals surface area (Å²) in [6.45, 7) is 0. The molecule has 2 aromatic rings. The van der Waals surface area contributed by atoms with Gasteiger partial charge in [0.05, 0.1) is 5.57 Å². The first-order valence-electron chi connectivity index (χ1n) is 8.58. The molecule has 4 rings (SSSR count). The molecule has 6 heteroatoms. The number of ketones is 3. The minimum Gasteiger partial charge on any atom is -0.872 e. The number of allylic oxidation sites excluding steroid dienone is 7. The fraction of sp³-hybridized carbons (Fsp3) is 0. The summed E-state index contributed by atoms with van der Waals surface area (Å²) in [5, 5.41) is 13.1. The molecule has 142 valence electrons. The van der Waals surface area contributed by atoms with Gasteiger partial charge in [-0.2, -0.15) is 0 Å². The second-order valence-corrected chi connectivity index (χ2v) is 7.31. The van der Waals surface area contributed by atoms with Crippen LogP contribution in [-0.2, 0) is 0 Å². The molecule has 0 amide bonds. The molecule has 0 spiro atoms. The van der Waals surface area contributed by atoms with E-state index in [-0.39, 0.29) is 45.4 Å². The van der Waals surface area contributed by atoms with Gasteiger partial charge in [-0.05, 0) is 48.0 Å². The van der Waals surface area contributed by atoms with Gasteiger partial charge >= 0.3 is 0 Å². The predicted octanol–water partition coefficient (Wildman–Crippen LogP) is 4.38. The lowest BCUT2D eigenvalue weighted by Gasteiger charge is -2.09. The van der Waals surface area contributed by atoms with E-state index in [2.05, 4.69) is 0 Å². The first-order valence-corrected chi connectivity index (χ1v) is 9.34. The van der Waals surface area contributed by atoms with Crippen molar-refractivity contribution in [1.29, 1.82) is 0 Å². The summed E-state index contributed by atoms with van der Waals surface area (Å²) in [5.41, 5.74) is 1.29. The van der Waals surface area contributed by atoms with Crippen molar-refractivity contribution < 1.29 is 19.5 Å². The molecule has 0 radical (unpaired) electrons. The van der Waals surface area contributed by atoms with Crippen LogP contribution in [0.2, 0.25) is 10.0 Å². The predicted molar refractivity (Wildman–Crippen MR) is 109 cm³/mol. The lowest BCUT2D eigenvalue weighted by Crippen LogP contribution is -2.02. The maximum atomic E-state index is 12.4. The zero-order valence-electron chi connectivity index (χ0n) is 14.7. The van der Waals surface area contributed by atoms with Crippen molar-refractivity contribution in [3.05, 3.63) is 110 Å². The van der Waals surface area contributed by atoms with Gasteiger partial charge in [0, 0.05) is 32.3 Å². The van der Waals surface area contributed by atoms with E-state index in [0.717, 1.165) is 0 Å². The molecular weight excluding hydrogens is 411 g/mol. The van der Waals surface area contributed by atoms with Crippen LogP contribution >= 0.6 is 23.2 Å². The molecule has 2 aliphatic carbocycles. The third-order valence-corrected chi connectivity index (χ3v) is 5.14. The third-order valence-electron chi connectivity index (χ3n) is 4.67. The molecule has 4 nitrogen and oxygen atoms in total. The van der Waals surface area contributed by atoms with E-state index >= 15 is 0 Å². The summed E-state index contributed by atoms with van der Waals surface area (Å²) in [6.07, 6.45) is 7.35. The molecular formula is C23H11Cl2O4-. The topological polar surface area (TPSA) is 74.3 Å². The quantitative estimate of drug-likeness (QED) is 0.418. The number of carbonyl (C=O) groups is 3. The van der Waals surface area contributed by atoms with Crippen LogP contribution in [0.4, 0.5) is 0 Å². The Morgan fingerprint density at radius 1 is 0.690 bits per heavy atom. The fourth-order valence-electron chi connectivity index (χ4n) is 3.26. The van der Waals surface area contributed by atoms with Crippen LogP contribution in [0.25, 0.3) is 5.76 Å². The third kappa shape index (κ3) is 3.27. The van der Waals surface area contributed by atoms with Gasteiger partial charge in [0.15, 0.2) is 17.3 Å². The standard InChI is InChI=1S/C23H12Cl2O4/c24-12-6-8-14-18(10-12)22(28)16(20(14)26)4-2-1-3-5-17-21(27)15-9-7-13(25)11-19(15)23(17)29/h1-11,28H/p-1/b3-1+,4-2+,17-5-. The average Bonchev–Trinajstić information content (AvgIpc) is 3.07. The van der Waals surface area contributed by atoms with Crippen LogP contribution < -0.4 is 5.11 Å². The number of hydrogen-bond acceptors (Lipinski definition) is 4. The van der Waals surface area contributed by atoms with Gasteiger partial charge in [0.2, 0.25) is 0 Å². The second-order valence-electron chi connectivity index (χ2n) is 6.43. The molecule has 29 heavy (non-hydrogen) atoms. The smallest absolute Gasteiger partial charge is 0.197 e. The first-order chi connectivity index (χ1) is 13.9. The summed E-state index contributed by atoms with van der Waals surface area (Å²) in [5.74, 6) is -1.50. The summed E-state index contributed by atoms with van der Waals surface area (Å²) in [4.78, 5) is 37.1. The maximum absolute atomic E-state index is 12.4. The molecule has 0 saturated carbocycles. The molecule has 0 aromatic heterocycles. The molecule has 0 saturated heterocycles. The SMILES string of the molecule is O=C1C(/C=C/C=C/C=C2/C(=O)c3ccc(Cl)cc3C2=O)=C([O-])c2cc(Cl)ccc21. The number of Topliss-reactive ketones (excluding diaryl/α,β-unsaturated/α-hetero) is 3. The van der Waals surface area contributed by atoms with Crippen molar-refractivity contribution in [1.82, 2.24) is 0 Å². The lowest BCUT2D eigenvalue weighted by molar-refractivity contribution is -0.244. The Kier molecular flexibility index (Phi) is 4.82. The lowest BCUT2D eigenvalue weighted by atomic mass is 10.1. The Labute approximate surface area is 176 Å². The van der Waals surface area contributed by atoms with Crippen molar-refractivity contribution in [2.75, 3.05) is 0 Å². The van der Waals surface area contributed by atoms with Gasteiger partial charge in [0.25, 0.3) is 0 Å². The van der Waals surface area contributed by atoms with Gasteiger partial charge in [0.1, 0.15) is 0 Å². The second kappa shape index (κ2) is 7.32. The number of benzene rings is 2. The van der Waals surface area contributed by atoms with Crippen LogP contribution in [0.1, 0.15) is 36.6 Å². The van der Waals surface area contributed by atoms with Crippen molar-refractivity contribution in [3.8, 4) is 0 Å². The van der Waals surface area contributed by atoms with Crippen molar-refractivity contribution in [2.24, 2.45) is 0 Å². The Hall–Kier alpha value is -3.21. The zero-order chi connectivity index (χ0) is 20.7. The van der Waals surface area contributed by atoms with Gasteiger partial charge in [-0.25, -0.2) is 0 Å². The minimum absolute atomic E-state index is 0.0367. The first kappa shape index (κ1) is 19.1. The van der Waals surface area contributed by atoms with Crippen LogP contribution in [0.5, 0.6) is 0 Å². The van der Waals surface area contributed by atoms with E-state index in [9.17, 15) is 19.5 Å². The van der Waals surface area contributed by atoms with E-state index < -0.39 is 0 Å². The van der Waals surface area contributed by atoms with E-state index in [4.69, 9.17) is 23.2 Å². The van der Waals surface area contributed by atoms with Gasteiger partial charge in [-0.3, -0.25) is 14.4 Å². The molecule has 0 heterocycles. The molecule has 0 unspecified atom stereocenters. The highest BCUT2D eigenvalue weighted by molar-refractivity contribution is 6.40. The van der Waals surface area contributed by atoms with Crippen LogP contribution in [0, 0.1) is 0 Å². The fourth-order valence-corrected chi connectivity index (χ4v) is 3.61. The largest absolute Gasteiger partial charge is 0.872 e. The molecule has 0 atom stereocenters. The minimum atomic E-state index is -0.385. The highest BCUT2D eigenvalue weighted by Gasteiger charge is 2.32. The molecule has 2 aromatic carbocycles. The van der Waals surface area contributed by atoms with Crippen LogP contribution in [-0.4, -0.2) is 17.3 Å². The van der Waals surface area contributed by atoms with E-state index in [0.29, 0.717) is 21.2 Å². The normalized spacial score (nSPS) is 17.3. The Morgan fingerprint density at radius 2 is 1.28 bits per heavy atom. The molecule has 0 bridgehead atoms. The molecule has 2 aliphatic rings. The number of hydrogen-bond donors (Lipinski definition) is 0. The number of halogens is 2. The van der Waals surface area contributed by atoms with Crippen molar-refractivity contribution in [2.45, 2.75) is 0 Å². The van der Waals surface area contributed by atoms with Crippen LogP contribution in [0.3, 0.4) is 0 Å². The van der Waals surface area contributed by atoms with E-state index in [1.165, 1.54) is 54.6 Å². The van der Waals surface area contributed by atoms with Gasteiger partial charge in [-0.15, -0.1) is 0 Å². The van der Waals surface area contributed by atoms with Crippen molar-refractivity contribution >= 4 is 46.3 Å². The summed E-state index contributed by atoms with van der Waals surface area (Å²) in [6, 6.07) is 9.12. The Balaban J connectivity index is 1.53. The Bertz CT molecular complexity index is 1230. The Morgan fingerprint density at radius 3 is 1.97 bits per heavy atom. The zero-order valence-corrected chi connectivity index (χ0v) is 16.3. The van der Waals surface area contributed by atoms with Gasteiger partial charge < -0.3 is 5.11 Å². The van der Waals surface area contributed by atoms with E-state index in [1.807, 2.05) is 0 Å². The number of fused-ring (bicyclic) bond motifs is 2. The number of rotatable bonds is 3. The summed E-state index contributed by atoms with van der Waals surface area (Å²) >= 11 is 11.8. The number of carbonyl (C=O) groups excluding carboxylic acids is 3. The molecule has 0 N–H and O–H groups in total. The molecule has 0 fully saturated rings. The maximum Gasteiger partial charge on any atom is 0.197 e. The highest BCUT2D eigenvalue weighted by atomic mass is 35.5. The van der Waals surface area contributed by atoms with Gasteiger partial charge in [-0.1, -0.05) is 53.3 Å².